The van der Waals surface area contributed by atoms with Gasteiger partial charge in [0.1, 0.15) is 11.6 Å². The number of nitrogens with two attached hydrogens (primary N) is 1. The Hall–Kier alpha value is -2.07. The molecule has 2 aromatic carbocycles. The van der Waals surface area contributed by atoms with Crippen LogP contribution in [0.15, 0.2) is 36.4 Å². The van der Waals surface area contributed by atoms with Crippen molar-refractivity contribution in [1.29, 1.82) is 0 Å². The standard InChI is InChI=1S/C17H19FN2O/c1-11(14-6-5-13(21)9-16(14)18)20-8-7-15-12(10-20)3-2-4-17(15)19/h2-6,9,11,21H,7-8,10,19H2,1H3. The van der Waals surface area contributed by atoms with Crippen LogP contribution in [0.5, 0.6) is 5.75 Å². The lowest BCUT2D eigenvalue weighted by molar-refractivity contribution is 0.189. The molecule has 0 aromatic heterocycles. The Bertz CT molecular complexity index is 672. The third-order valence-corrected chi connectivity index (χ3v) is 4.31. The van der Waals surface area contributed by atoms with E-state index in [1.54, 1.807) is 6.07 Å². The number of hydrogen-bond donors (Lipinski definition) is 2. The van der Waals surface area contributed by atoms with Crippen molar-refractivity contribution in [2.75, 3.05) is 12.3 Å². The zero-order chi connectivity index (χ0) is 15.0. The fourth-order valence-corrected chi connectivity index (χ4v) is 3.04. The van der Waals surface area contributed by atoms with Crippen LogP contribution in [-0.4, -0.2) is 16.6 Å². The Kier molecular flexibility index (Phi) is 3.55. The molecule has 1 aliphatic heterocycles. The molecule has 21 heavy (non-hydrogen) atoms. The summed E-state index contributed by atoms with van der Waals surface area (Å²) in [4.78, 5) is 2.23. The molecular formula is C17H19FN2O. The second-order valence-corrected chi connectivity index (χ2v) is 5.59. The van der Waals surface area contributed by atoms with Crippen molar-refractivity contribution in [1.82, 2.24) is 4.90 Å². The number of nitrogen functional groups attached to an aromatic ring is 1. The molecule has 0 saturated heterocycles. The van der Waals surface area contributed by atoms with E-state index in [-0.39, 0.29) is 17.6 Å². The zero-order valence-corrected chi connectivity index (χ0v) is 12.0. The Balaban J connectivity index is 1.85. The lowest BCUT2D eigenvalue weighted by Gasteiger charge is -2.34. The first-order valence-electron chi connectivity index (χ1n) is 7.15. The summed E-state index contributed by atoms with van der Waals surface area (Å²) >= 11 is 0. The summed E-state index contributed by atoms with van der Waals surface area (Å²) in [6.45, 7) is 3.61. The van der Waals surface area contributed by atoms with E-state index in [2.05, 4.69) is 11.0 Å². The summed E-state index contributed by atoms with van der Waals surface area (Å²) in [7, 11) is 0. The summed E-state index contributed by atoms with van der Waals surface area (Å²) in [6, 6.07) is 10.3. The highest BCUT2D eigenvalue weighted by Gasteiger charge is 2.24. The zero-order valence-electron chi connectivity index (χ0n) is 12.0. The van der Waals surface area contributed by atoms with Crippen LogP contribution in [0.3, 0.4) is 0 Å². The van der Waals surface area contributed by atoms with Gasteiger partial charge in [0.15, 0.2) is 0 Å². The van der Waals surface area contributed by atoms with Gasteiger partial charge in [-0.3, -0.25) is 4.90 Å². The molecule has 0 aliphatic carbocycles. The molecule has 1 heterocycles. The van der Waals surface area contributed by atoms with E-state index >= 15 is 0 Å². The average Bonchev–Trinajstić information content (AvgIpc) is 2.46. The highest BCUT2D eigenvalue weighted by molar-refractivity contribution is 5.52. The molecule has 110 valence electrons. The predicted molar refractivity (Wildman–Crippen MR) is 81.4 cm³/mol. The van der Waals surface area contributed by atoms with Crippen molar-refractivity contribution >= 4 is 5.69 Å². The molecule has 3 nitrogen and oxygen atoms in total. The molecule has 3 rings (SSSR count). The number of fused-ring (bicyclic) bond motifs is 1. The number of aromatic hydroxyl groups is 1. The van der Waals surface area contributed by atoms with Crippen LogP contribution >= 0.6 is 0 Å². The van der Waals surface area contributed by atoms with Crippen LogP contribution in [0.25, 0.3) is 0 Å². The predicted octanol–water partition coefficient (Wildman–Crippen LogP) is 3.23. The summed E-state index contributed by atoms with van der Waals surface area (Å²) in [5, 5.41) is 9.32. The van der Waals surface area contributed by atoms with Gasteiger partial charge in [-0.2, -0.15) is 0 Å². The van der Waals surface area contributed by atoms with Gasteiger partial charge in [-0.05, 0) is 36.6 Å². The van der Waals surface area contributed by atoms with Crippen molar-refractivity contribution in [3.63, 3.8) is 0 Å². The van der Waals surface area contributed by atoms with E-state index in [9.17, 15) is 9.50 Å². The monoisotopic (exact) mass is 286 g/mol. The molecule has 1 aliphatic rings. The highest BCUT2D eigenvalue weighted by Crippen LogP contribution is 2.31. The molecule has 1 unspecified atom stereocenters. The maximum atomic E-state index is 14.0. The summed E-state index contributed by atoms with van der Waals surface area (Å²) < 4.78 is 14.0. The minimum atomic E-state index is -0.360. The maximum Gasteiger partial charge on any atom is 0.131 e. The van der Waals surface area contributed by atoms with Crippen LogP contribution in [0.4, 0.5) is 10.1 Å². The lowest BCUT2D eigenvalue weighted by atomic mass is 9.95. The number of nitrogens with zero attached hydrogens (tertiary/aromatic N) is 1. The van der Waals surface area contributed by atoms with Gasteiger partial charge < -0.3 is 10.8 Å². The van der Waals surface area contributed by atoms with E-state index in [1.807, 2.05) is 19.1 Å². The molecule has 0 fully saturated rings. The number of benzene rings is 2. The smallest absolute Gasteiger partial charge is 0.131 e. The van der Waals surface area contributed by atoms with Gasteiger partial charge in [0, 0.05) is 36.4 Å². The van der Waals surface area contributed by atoms with Crippen molar-refractivity contribution in [2.24, 2.45) is 0 Å². The number of anilines is 1. The summed E-state index contributed by atoms with van der Waals surface area (Å²) in [5.74, 6) is -0.402. The van der Waals surface area contributed by atoms with Gasteiger partial charge in [0.25, 0.3) is 0 Å². The van der Waals surface area contributed by atoms with Crippen LogP contribution in [0, 0.1) is 5.82 Å². The van der Waals surface area contributed by atoms with Crippen LogP contribution in [0.1, 0.15) is 29.7 Å². The number of rotatable bonds is 2. The molecule has 0 bridgehead atoms. The fourth-order valence-electron chi connectivity index (χ4n) is 3.04. The molecule has 0 radical (unpaired) electrons. The topological polar surface area (TPSA) is 49.5 Å². The Labute approximate surface area is 123 Å². The molecular weight excluding hydrogens is 267 g/mol. The Morgan fingerprint density at radius 3 is 2.86 bits per heavy atom. The molecule has 0 spiro atoms. The van der Waals surface area contributed by atoms with Gasteiger partial charge >= 0.3 is 0 Å². The van der Waals surface area contributed by atoms with Gasteiger partial charge in [0.05, 0.1) is 0 Å². The third kappa shape index (κ3) is 2.59. The molecule has 1 atom stereocenters. The van der Waals surface area contributed by atoms with E-state index in [1.165, 1.54) is 23.3 Å². The number of hydrogen-bond acceptors (Lipinski definition) is 3. The largest absolute Gasteiger partial charge is 0.508 e. The van der Waals surface area contributed by atoms with Gasteiger partial charge in [-0.1, -0.05) is 18.2 Å². The number of halogens is 1. The summed E-state index contributed by atoms with van der Waals surface area (Å²) in [5.41, 5.74) is 9.89. The van der Waals surface area contributed by atoms with E-state index in [4.69, 9.17) is 5.73 Å². The molecule has 2 aromatic rings. The fraction of sp³-hybridized carbons (Fsp3) is 0.294. The van der Waals surface area contributed by atoms with Crippen LogP contribution in [-0.2, 0) is 13.0 Å². The normalized spacial score (nSPS) is 16.5. The molecule has 4 heteroatoms. The third-order valence-electron chi connectivity index (χ3n) is 4.31. The molecule has 0 amide bonds. The van der Waals surface area contributed by atoms with Gasteiger partial charge in [0.2, 0.25) is 0 Å². The Morgan fingerprint density at radius 2 is 2.10 bits per heavy atom. The lowest BCUT2D eigenvalue weighted by Crippen LogP contribution is -2.33. The SMILES string of the molecule is CC(c1ccc(O)cc1F)N1CCc2c(N)cccc2C1. The van der Waals surface area contributed by atoms with Crippen molar-refractivity contribution in [3.8, 4) is 5.75 Å². The maximum absolute atomic E-state index is 14.0. The van der Waals surface area contributed by atoms with Gasteiger partial charge in [-0.25, -0.2) is 4.39 Å². The molecule has 3 N–H and O–H groups in total. The van der Waals surface area contributed by atoms with Crippen molar-refractivity contribution in [2.45, 2.75) is 25.9 Å². The van der Waals surface area contributed by atoms with E-state index in [0.717, 1.165) is 25.2 Å². The van der Waals surface area contributed by atoms with Crippen LogP contribution < -0.4 is 5.73 Å². The summed E-state index contributed by atoms with van der Waals surface area (Å²) in [6.07, 6.45) is 0.881. The molecule has 0 saturated carbocycles. The second-order valence-electron chi connectivity index (χ2n) is 5.59. The van der Waals surface area contributed by atoms with Crippen molar-refractivity contribution < 1.29 is 9.50 Å². The van der Waals surface area contributed by atoms with Crippen LogP contribution in [0.2, 0.25) is 0 Å². The Morgan fingerprint density at radius 1 is 1.29 bits per heavy atom. The first kappa shape index (κ1) is 13.9. The minimum absolute atomic E-state index is 0.0415. The first-order valence-corrected chi connectivity index (χ1v) is 7.15. The first-order chi connectivity index (χ1) is 10.1. The highest BCUT2D eigenvalue weighted by atomic mass is 19.1. The van der Waals surface area contributed by atoms with E-state index in [0.29, 0.717) is 5.56 Å². The van der Waals surface area contributed by atoms with Gasteiger partial charge in [-0.15, -0.1) is 0 Å². The second kappa shape index (κ2) is 5.37. The van der Waals surface area contributed by atoms with Crippen molar-refractivity contribution in [3.05, 3.63) is 58.9 Å². The minimum Gasteiger partial charge on any atom is -0.508 e. The average molecular weight is 286 g/mol. The number of phenols is 1. The number of phenolic OH excluding ortho intramolecular Hbond substituents is 1. The van der Waals surface area contributed by atoms with E-state index < -0.39 is 0 Å². The quantitative estimate of drug-likeness (QED) is 0.833.